The summed E-state index contributed by atoms with van der Waals surface area (Å²) in [6, 6.07) is 7.54. The van der Waals surface area contributed by atoms with E-state index < -0.39 is 11.9 Å². The maximum absolute atomic E-state index is 11.8. The maximum Gasteiger partial charge on any atom is 0.324 e. The van der Waals surface area contributed by atoms with Crippen LogP contribution in [0.15, 0.2) is 24.3 Å². The van der Waals surface area contributed by atoms with Crippen LogP contribution in [-0.2, 0) is 11.2 Å². The lowest BCUT2D eigenvalue weighted by atomic mass is 10.0. The molecule has 0 saturated carbocycles. The zero-order valence-corrected chi connectivity index (χ0v) is 11.2. The molecule has 2 rings (SSSR count). The Balaban J connectivity index is 2.07. The van der Waals surface area contributed by atoms with Crippen LogP contribution in [0.25, 0.3) is 0 Å². The Bertz CT molecular complexity index is 484. The van der Waals surface area contributed by atoms with Crippen molar-refractivity contribution in [3.63, 3.8) is 0 Å². The van der Waals surface area contributed by atoms with E-state index in [1.54, 1.807) is 23.8 Å². The van der Waals surface area contributed by atoms with Gasteiger partial charge in [0.05, 0.1) is 5.92 Å². The number of hydrogen-bond donors (Lipinski definition) is 1. The summed E-state index contributed by atoms with van der Waals surface area (Å²) in [5.41, 5.74) is 1.83. The molecule has 102 valence electrons. The number of amides is 2. The fraction of sp³-hybridized carbons (Fsp3) is 0.429. The van der Waals surface area contributed by atoms with Gasteiger partial charge in [-0.3, -0.25) is 9.69 Å². The Morgan fingerprint density at radius 1 is 1.32 bits per heavy atom. The first-order valence-electron chi connectivity index (χ1n) is 6.33. The van der Waals surface area contributed by atoms with Gasteiger partial charge >= 0.3 is 12.0 Å². The largest absolute Gasteiger partial charge is 0.481 e. The number of carboxylic acid groups (broad SMARTS) is 1. The molecule has 0 bridgehead atoms. The molecule has 5 heteroatoms. The van der Waals surface area contributed by atoms with Gasteiger partial charge < -0.3 is 10.0 Å². The number of rotatable bonds is 4. The van der Waals surface area contributed by atoms with Crippen molar-refractivity contribution in [1.82, 2.24) is 4.90 Å². The predicted octanol–water partition coefficient (Wildman–Crippen LogP) is 1.82. The highest BCUT2D eigenvalue weighted by Gasteiger charge is 2.26. The van der Waals surface area contributed by atoms with Crippen molar-refractivity contribution in [3.05, 3.63) is 29.8 Å². The van der Waals surface area contributed by atoms with Crippen molar-refractivity contribution in [3.8, 4) is 0 Å². The molecule has 1 fully saturated rings. The number of nitrogens with zero attached hydrogens (tertiary/aromatic N) is 2. The summed E-state index contributed by atoms with van der Waals surface area (Å²) in [4.78, 5) is 26.0. The quantitative estimate of drug-likeness (QED) is 0.900. The van der Waals surface area contributed by atoms with E-state index in [0.29, 0.717) is 13.0 Å². The predicted molar refractivity (Wildman–Crippen MR) is 72.3 cm³/mol. The van der Waals surface area contributed by atoms with Gasteiger partial charge in [0, 0.05) is 25.8 Å². The topological polar surface area (TPSA) is 60.9 Å². The molecule has 19 heavy (non-hydrogen) atoms. The van der Waals surface area contributed by atoms with Crippen LogP contribution in [-0.4, -0.2) is 42.1 Å². The fourth-order valence-electron chi connectivity index (χ4n) is 2.14. The van der Waals surface area contributed by atoms with Crippen LogP contribution in [0.2, 0.25) is 0 Å². The number of carbonyl (C=O) groups excluding carboxylic acids is 1. The lowest BCUT2D eigenvalue weighted by Crippen LogP contribution is -2.29. The Morgan fingerprint density at radius 2 is 1.95 bits per heavy atom. The minimum absolute atomic E-state index is 0.00616. The van der Waals surface area contributed by atoms with Gasteiger partial charge in [0.2, 0.25) is 0 Å². The summed E-state index contributed by atoms with van der Waals surface area (Å²) in [6.45, 7) is 3.12. The molecular weight excluding hydrogens is 244 g/mol. The number of carboxylic acids is 1. The summed E-state index contributed by atoms with van der Waals surface area (Å²) in [5.74, 6) is -1.19. The summed E-state index contributed by atoms with van der Waals surface area (Å²) in [7, 11) is 1.78. The lowest BCUT2D eigenvalue weighted by Gasteiger charge is -2.16. The molecule has 1 heterocycles. The monoisotopic (exact) mass is 262 g/mol. The van der Waals surface area contributed by atoms with Gasteiger partial charge in [0.25, 0.3) is 0 Å². The Hall–Kier alpha value is -2.04. The Labute approximate surface area is 112 Å². The van der Waals surface area contributed by atoms with Crippen molar-refractivity contribution >= 4 is 17.7 Å². The van der Waals surface area contributed by atoms with E-state index in [-0.39, 0.29) is 6.03 Å². The molecule has 1 aliphatic rings. The van der Waals surface area contributed by atoms with Crippen molar-refractivity contribution in [2.75, 3.05) is 25.0 Å². The third-order valence-corrected chi connectivity index (χ3v) is 3.43. The summed E-state index contributed by atoms with van der Waals surface area (Å²) in [6.07, 6.45) is 0.503. The fourth-order valence-corrected chi connectivity index (χ4v) is 2.14. The Kier molecular flexibility index (Phi) is 3.74. The van der Waals surface area contributed by atoms with Crippen LogP contribution in [0.4, 0.5) is 10.5 Å². The van der Waals surface area contributed by atoms with Gasteiger partial charge in [-0.1, -0.05) is 19.1 Å². The van der Waals surface area contributed by atoms with Crippen LogP contribution in [0.5, 0.6) is 0 Å². The third kappa shape index (κ3) is 2.86. The molecule has 1 aromatic rings. The summed E-state index contributed by atoms with van der Waals surface area (Å²) < 4.78 is 0. The molecule has 2 amide bonds. The van der Waals surface area contributed by atoms with Crippen LogP contribution in [0.1, 0.15) is 12.5 Å². The van der Waals surface area contributed by atoms with Gasteiger partial charge in [0.15, 0.2) is 0 Å². The smallest absolute Gasteiger partial charge is 0.324 e. The molecule has 1 atom stereocenters. The average molecular weight is 262 g/mol. The van der Waals surface area contributed by atoms with Gasteiger partial charge in [-0.2, -0.15) is 0 Å². The van der Waals surface area contributed by atoms with Gasteiger partial charge in [-0.25, -0.2) is 4.79 Å². The molecule has 1 unspecified atom stereocenters. The van der Waals surface area contributed by atoms with E-state index in [4.69, 9.17) is 5.11 Å². The minimum Gasteiger partial charge on any atom is -0.481 e. The second kappa shape index (κ2) is 5.30. The highest BCUT2D eigenvalue weighted by atomic mass is 16.4. The normalized spacial score (nSPS) is 16.8. The number of hydrogen-bond acceptors (Lipinski definition) is 2. The van der Waals surface area contributed by atoms with Crippen LogP contribution in [0, 0.1) is 5.92 Å². The third-order valence-electron chi connectivity index (χ3n) is 3.43. The second-order valence-electron chi connectivity index (χ2n) is 4.97. The van der Waals surface area contributed by atoms with E-state index in [1.165, 1.54) is 0 Å². The molecule has 0 aromatic heterocycles. The zero-order chi connectivity index (χ0) is 14.0. The van der Waals surface area contributed by atoms with E-state index in [2.05, 4.69) is 0 Å². The summed E-state index contributed by atoms with van der Waals surface area (Å²) in [5, 5.41) is 8.88. The number of urea groups is 1. The molecule has 0 aliphatic carbocycles. The average Bonchev–Trinajstić information content (AvgIpc) is 2.71. The highest BCUT2D eigenvalue weighted by molar-refractivity contribution is 5.93. The van der Waals surface area contributed by atoms with E-state index in [1.807, 2.05) is 24.3 Å². The van der Waals surface area contributed by atoms with E-state index >= 15 is 0 Å². The number of carbonyl (C=O) groups is 2. The molecule has 1 N–H and O–H groups in total. The first-order valence-corrected chi connectivity index (χ1v) is 6.33. The van der Waals surface area contributed by atoms with Gasteiger partial charge in [0.1, 0.15) is 0 Å². The SMILES string of the molecule is CC(Cc1ccc(N2CCN(C)C2=O)cc1)C(=O)O. The van der Waals surface area contributed by atoms with Crippen LogP contribution < -0.4 is 4.90 Å². The van der Waals surface area contributed by atoms with Crippen LogP contribution >= 0.6 is 0 Å². The number of anilines is 1. The standard InChI is InChI=1S/C14H18N2O3/c1-10(13(17)18)9-11-3-5-12(6-4-11)16-8-7-15(2)14(16)19/h3-6,10H,7-9H2,1-2H3,(H,17,18). The number of aliphatic carboxylic acids is 1. The van der Waals surface area contributed by atoms with Gasteiger partial charge in [-0.05, 0) is 24.1 Å². The molecule has 0 radical (unpaired) electrons. The maximum atomic E-state index is 11.8. The first kappa shape index (κ1) is 13.4. The number of benzene rings is 1. The molecule has 5 nitrogen and oxygen atoms in total. The first-order chi connectivity index (χ1) is 8.99. The molecule has 1 aromatic carbocycles. The molecule has 1 saturated heterocycles. The number of likely N-dealkylation sites (N-methyl/N-ethyl adjacent to an activating group) is 1. The molecule has 1 aliphatic heterocycles. The van der Waals surface area contributed by atoms with Gasteiger partial charge in [-0.15, -0.1) is 0 Å². The van der Waals surface area contributed by atoms with Crippen molar-refractivity contribution in [1.29, 1.82) is 0 Å². The lowest BCUT2D eigenvalue weighted by molar-refractivity contribution is -0.141. The Morgan fingerprint density at radius 3 is 2.42 bits per heavy atom. The summed E-state index contributed by atoms with van der Waals surface area (Å²) >= 11 is 0. The minimum atomic E-state index is -0.791. The molecule has 0 spiro atoms. The van der Waals surface area contributed by atoms with E-state index in [0.717, 1.165) is 17.8 Å². The molecular formula is C14H18N2O3. The van der Waals surface area contributed by atoms with Crippen molar-refractivity contribution < 1.29 is 14.7 Å². The van der Waals surface area contributed by atoms with Crippen molar-refractivity contribution in [2.24, 2.45) is 5.92 Å². The van der Waals surface area contributed by atoms with E-state index in [9.17, 15) is 9.59 Å². The second-order valence-corrected chi connectivity index (χ2v) is 4.97. The van der Waals surface area contributed by atoms with Crippen molar-refractivity contribution in [2.45, 2.75) is 13.3 Å². The highest BCUT2D eigenvalue weighted by Crippen LogP contribution is 2.21. The zero-order valence-electron chi connectivity index (χ0n) is 11.2. The van der Waals surface area contributed by atoms with Crippen LogP contribution in [0.3, 0.4) is 0 Å².